The molecule has 3 rings (SSSR count). The standard InChI is InChI=1S/C19H20Cl2N2O3/c1-23(10-13-6-7-14(20)8-16(13)21)11-19(24)22-9-15-12-25-17-4-2-3-5-18(17)26-15/h2-8,15H,9-12H2,1H3,(H,22,24). The van der Waals surface area contributed by atoms with Crippen molar-refractivity contribution in [3.63, 3.8) is 0 Å². The number of hydrogen-bond acceptors (Lipinski definition) is 4. The van der Waals surface area contributed by atoms with Crippen LogP contribution in [0.25, 0.3) is 0 Å². The number of nitrogens with one attached hydrogen (secondary N) is 1. The first-order valence-corrected chi connectivity index (χ1v) is 9.04. The summed E-state index contributed by atoms with van der Waals surface area (Å²) in [6, 6.07) is 12.9. The van der Waals surface area contributed by atoms with Crippen molar-refractivity contribution in [2.24, 2.45) is 0 Å². The highest BCUT2D eigenvalue weighted by atomic mass is 35.5. The van der Waals surface area contributed by atoms with Crippen LogP contribution in [0.4, 0.5) is 0 Å². The van der Waals surface area contributed by atoms with Crippen molar-refractivity contribution in [1.29, 1.82) is 0 Å². The number of carbonyl (C=O) groups is 1. The summed E-state index contributed by atoms with van der Waals surface area (Å²) in [5, 5.41) is 4.07. The number of ether oxygens (including phenoxy) is 2. The Bertz CT molecular complexity index is 785. The first-order valence-electron chi connectivity index (χ1n) is 8.29. The molecule has 1 N–H and O–H groups in total. The Hall–Kier alpha value is -1.95. The maximum absolute atomic E-state index is 12.2. The van der Waals surface area contributed by atoms with Crippen LogP contribution < -0.4 is 14.8 Å². The SMILES string of the molecule is CN(CC(=O)NCC1COc2ccccc2O1)Cc1ccc(Cl)cc1Cl. The number of rotatable bonds is 6. The molecule has 0 saturated carbocycles. The lowest BCUT2D eigenvalue weighted by atomic mass is 10.2. The molecule has 1 aliphatic rings. The Kier molecular flexibility index (Phi) is 6.25. The van der Waals surface area contributed by atoms with E-state index in [2.05, 4.69) is 5.32 Å². The minimum Gasteiger partial charge on any atom is -0.486 e. The summed E-state index contributed by atoms with van der Waals surface area (Å²) in [5.41, 5.74) is 0.923. The molecule has 7 heteroatoms. The van der Waals surface area contributed by atoms with Gasteiger partial charge in [0.05, 0.1) is 13.1 Å². The van der Waals surface area contributed by atoms with Crippen molar-refractivity contribution in [3.05, 3.63) is 58.1 Å². The first kappa shape index (κ1) is 18.8. The molecule has 0 bridgehead atoms. The molecule has 1 unspecified atom stereocenters. The highest BCUT2D eigenvalue weighted by Gasteiger charge is 2.21. The number of fused-ring (bicyclic) bond motifs is 1. The van der Waals surface area contributed by atoms with Gasteiger partial charge in [0.2, 0.25) is 5.91 Å². The molecule has 5 nitrogen and oxygen atoms in total. The van der Waals surface area contributed by atoms with Gasteiger partial charge in [0.25, 0.3) is 0 Å². The molecular formula is C19H20Cl2N2O3. The maximum atomic E-state index is 12.2. The summed E-state index contributed by atoms with van der Waals surface area (Å²) in [6.07, 6.45) is -0.204. The van der Waals surface area contributed by atoms with Crippen LogP contribution in [-0.2, 0) is 11.3 Å². The van der Waals surface area contributed by atoms with Gasteiger partial charge in [0.1, 0.15) is 12.7 Å². The van der Waals surface area contributed by atoms with E-state index in [0.717, 1.165) is 11.3 Å². The molecule has 2 aromatic carbocycles. The lowest BCUT2D eigenvalue weighted by molar-refractivity contribution is -0.122. The monoisotopic (exact) mass is 394 g/mol. The van der Waals surface area contributed by atoms with Crippen LogP contribution in [0.2, 0.25) is 10.0 Å². The fraction of sp³-hybridized carbons (Fsp3) is 0.316. The zero-order chi connectivity index (χ0) is 18.5. The third kappa shape index (κ3) is 5.04. The number of carbonyl (C=O) groups excluding carboxylic acids is 1. The molecule has 1 atom stereocenters. The van der Waals surface area contributed by atoms with Crippen LogP contribution in [0.3, 0.4) is 0 Å². The van der Waals surface area contributed by atoms with Gasteiger partial charge in [0, 0.05) is 16.6 Å². The Morgan fingerprint density at radius 3 is 2.77 bits per heavy atom. The molecule has 0 fully saturated rings. The third-order valence-corrected chi connectivity index (χ3v) is 4.55. The second-order valence-electron chi connectivity index (χ2n) is 6.21. The molecule has 1 aliphatic heterocycles. The van der Waals surface area contributed by atoms with Gasteiger partial charge in [-0.25, -0.2) is 0 Å². The molecular weight excluding hydrogens is 375 g/mol. The Morgan fingerprint density at radius 1 is 1.23 bits per heavy atom. The number of amides is 1. The van der Waals surface area contributed by atoms with E-state index in [-0.39, 0.29) is 18.6 Å². The van der Waals surface area contributed by atoms with Crippen LogP contribution in [0, 0.1) is 0 Å². The van der Waals surface area contributed by atoms with E-state index < -0.39 is 0 Å². The highest BCUT2D eigenvalue weighted by Crippen LogP contribution is 2.30. The number of likely N-dealkylation sites (N-methyl/N-ethyl adjacent to an activating group) is 1. The molecule has 0 radical (unpaired) electrons. The van der Waals surface area contributed by atoms with Crippen LogP contribution in [-0.4, -0.2) is 43.7 Å². The topological polar surface area (TPSA) is 50.8 Å². The minimum absolute atomic E-state index is 0.0833. The Balaban J connectivity index is 1.44. The minimum atomic E-state index is -0.204. The summed E-state index contributed by atoms with van der Waals surface area (Å²) in [7, 11) is 1.86. The molecule has 0 aromatic heterocycles. The molecule has 0 spiro atoms. The average Bonchev–Trinajstić information content (AvgIpc) is 2.62. The summed E-state index contributed by atoms with van der Waals surface area (Å²) in [5.74, 6) is 1.35. The van der Waals surface area contributed by atoms with Crippen LogP contribution in [0.15, 0.2) is 42.5 Å². The molecule has 1 heterocycles. The summed E-state index contributed by atoms with van der Waals surface area (Å²) < 4.78 is 11.5. The predicted octanol–water partition coefficient (Wildman–Crippen LogP) is 3.38. The average molecular weight is 395 g/mol. The van der Waals surface area contributed by atoms with E-state index in [0.29, 0.717) is 35.5 Å². The van der Waals surface area contributed by atoms with Crippen molar-refractivity contribution in [2.75, 3.05) is 26.7 Å². The fourth-order valence-corrected chi connectivity index (χ4v) is 3.16. The Morgan fingerprint density at radius 2 is 2.00 bits per heavy atom. The highest BCUT2D eigenvalue weighted by molar-refractivity contribution is 6.35. The normalized spacial score (nSPS) is 15.8. The number of benzene rings is 2. The summed E-state index contributed by atoms with van der Waals surface area (Å²) >= 11 is 12.1. The lowest BCUT2D eigenvalue weighted by Gasteiger charge is -2.26. The fourth-order valence-electron chi connectivity index (χ4n) is 2.69. The van der Waals surface area contributed by atoms with Gasteiger partial charge in [-0.15, -0.1) is 0 Å². The molecule has 1 amide bonds. The zero-order valence-electron chi connectivity index (χ0n) is 14.4. The smallest absolute Gasteiger partial charge is 0.234 e. The van der Waals surface area contributed by atoms with Gasteiger partial charge >= 0.3 is 0 Å². The molecule has 2 aromatic rings. The van der Waals surface area contributed by atoms with Crippen molar-refractivity contribution in [2.45, 2.75) is 12.6 Å². The zero-order valence-corrected chi connectivity index (χ0v) is 15.9. The predicted molar refractivity (Wildman–Crippen MR) is 102 cm³/mol. The van der Waals surface area contributed by atoms with Crippen molar-refractivity contribution < 1.29 is 14.3 Å². The van der Waals surface area contributed by atoms with Gasteiger partial charge in [0.15, 0.2) is 11.5 Å². The second kappa shape index (κ2) is 8.62. The van der Waals surface area contributed by atoms with E-state index >= 15 is 0 Å². The van der Waals surface area contributed by atoms with Crippen molar-refractivity contribution in [1.82, 2.24) is 10.2 Å². The molecule has 0 saturated heterocycles. The number of nitrogens with zero attached hydrogens (tertiary/aromatic N) is 1. The van der Waals surface area contributed by atoms with E-state index in [4.69, 9.17) is 32.7 Å². The molecule has 138 valence electrons. The van der Waals surface area contributed by atoms with Gasteiger partial charge in [-0.3, -0.25) is 9.69 Å². The third-order valence-electron chi connectivity index (χ3n) is 3.96. The van der Waals surface area contributed by atoms with E-state index in [1.807, 2.05) is 42.3 Å². The van der Waals surface area contributed by atoms with Crippen molar-refractivity contribution in [3.8, 4) is 11.5 Å². The number of hydrogen-bond donors (Lipinski definition) is 1. The van der Waals surface area contributed by atoms with Crippen molar-refractivity contribution >= 4 is 29.1 Å². The summed E-state index contributed by atoms with van der Waals surface area (Å²) in [6.45, 7) is 1.61. The van der Waals surface area contributed by atoms with Gasteiger partial charge in [-0.1, -0.05) is 41.4 Å². The van der Waals surface area contributed by atoms with E-state index in [1.165, 1.54) is 0 Å². The van der Waals surface area contributed by atoms with Gasteiger partial charge in [-0.2, -0.15) is 0 Å². The molecule has 0 aliphatic carbocycles. The first-order chi connectivity index (χ1) is 12.5. The quantitative estimate of drug-likeness (QED) is 0.815. The molecule has 26 heavy (non-hydrogen) atoms. The van der Waals surface area contributed by atoms with Crippen LogP contribution in [0.1, 0.15) is 5.56 Å². The van der Waals surface area contributed by atoms with Gasteiger partial charge < -0.3 is 14.8 Å². The Labute approximate surface area is 162 Å². The lowest BCUT2D eigenvalue weighted by Crippen LogP contribution is -2.43. The van der Waals surface area contributed by atoms with Gasteiger partial charge in [-0.05, 0) is 36.9 Å². The van der Waals surface area contributed by atoms with E-state index in [1.54, 1.807) is 12.1 Å². The van der Waals surface area contributed by atoms with Crippen LogP contribution >= 0.6 is 23.2 Å². The maximum Gasteiger partial charge on any atom is 0.234 e. The number of para-hydroxylation sites is 2. The van der Waals surface area contributed by atoms with Crippen LogP contribution in [0.5, 0.6) is 11.5 Å². The second-order valence-corrected chi connectivity index (χ2v) is 7.05. The number of halogens is 2. The summed E-state index contributed by atoms with van der Waals surface area (Å²) in [4.78, 5) is 14.1. The van der Waals surface area contributed by atoms with E-state index in [9.17, 15) is 4.79 Å². The largest absolute Gasteiger partial charge is 0.486 e.